The van der Waals surface area contributed by atoms with Gasteiger partial charge in [-0.15, -0.1) is 11.8 Å². The van der Waals surface area contributed by atoms with Gasteiger partial charge in [-0.05, 0) is 36.8 Å². The van der Waals surface area contributed by atoms with Gasteiger partial charge in [-0.2, -0.15) is 5.26 Å². The van der Waals surface area contributed by atoms with E-state index in [1.54, 1.807) is 28.8 Å². The van der Waals surface area contributed by atoms with Gasteiger partial charge in [-0.3, -0.25) is 4.79 Å². The fourth-order valence-corrected chi connectivity index (χ4v) is 3.05. The smallest absolute Gasteiger partial charge is 0.226 e. The first kappa shape index (κ1) is 14.9. The Bertz CT molecular complexity index is 516. The van der Waals surface area contributed by atoms with Crippen molar-refractivity contribution in [3.8, 4) is 6.07 Å². The van der Waals surface area contributed by atoms with Crippen LogP contribution < -0.4 is 0 Å². The van der Waals surface area contributed by atoms with Crippen molar-refractivity contribution in [1.29, 1.82) is 5.26 Å². The van der Waals surface area contributed by atoms with Gasteiger partial charge in [0.25, 0.3) is 0 Å². The highest BCUT2D eigenvalue weighted by molar-refractivity contribution is 8.00. The maximum absolute atomic E-state index is 12.8. The van der Waals surface area contributed by atoms with Crippen LogP contribution in [0.3, 0.4) is 0 Å². The number of amides is 1. The maximum atomic E-state index is 12.8. The van der Waals surface area contributed by atoms with Crippen LogP contribution in [0, 0.1) is 17.1 Å². The summed E-state index contributed by atoms with van der Waals surface area (Å²) in [7, 11) is 0. The summed E-state index contributed by atoms with van der Waals surface area (Å²) in [6, 6.07) is 8.38. The lowest BCUT2D eigenvalue weighted by Gasteiger charge is -2.36. The molecule has 0 aliphatic carbocycles. The molecule has 0 aromatic heterocycles. The van der Waals surface area contributed by atoms with Crippen LogP contribution in [0.5, 0.6) is 0 Å². The van der Waals surface area contributed by atoms with E-state index in [0.717, 1.165) is 5.56 Å². The molecule has 1 aliphatic heterocycles. The number of nitriles is 1. The second-order valence-electron chi connectivity index (χ2n) is 4.99. The van der Waals surface area contributed by atoms with E-state index in [9.17, 15) is 14.4 Å². The van der Waals surface area contributed by atoms with Crippen molar-refractivity contribution in [2.75, 3.05) is 19.3 Å². The molecule has 106 valence electrons. The van der Waals surface area contributed by atoms with E-state index in [4.69, 9.17) is 0 Å². The average Bonchev–Trinajstić information content (AvgIpc) is 2.49. The van der Waals surface area contributed by atoms with Crippen LogP contribution in [0.25, 0.3) is 0 Å². The molecular weight excluding hydrogens is 275 g/mol. The number of benzene rings is 1. The normalized spacial score (nSPS) is 17.6. The molecule has 0 atom stereocenters. The topological polar surface area (TPSA) is 44.1 Å². The molecule has 1 aromatic rings. The number of rotatable bonds is 3. The molecule has 0 unspecified atom stereocenters. The predicted octanol–water partition coefficient (Wildman–Crippen LogP) is 2.62. The van der Waals surface area contributed by atoms with Gasteiger partial charge in [-0.1, -0.05) is 12.1 Å². The molecule has 1 amide bonds. The largest absolute Gasteiger partial charge is 0.342 e. The van der Waals surface area contributed by atoms with Crippen LogP contribution in [0.15, 0.2) is 24.3 Å². The van der Waals surface area contributed by atoms with Crippen molar-refractivity contribution in [2.45, 2.75) is 24.0 Å². The molecule has 0 N–H and O–H groups in total. The number of carbonyl (C=O) groups is 1. The first-order valence-corrected chi connectivity index (χ1v) is 7.80. The van der Waals surface area contributed by atoms with Gasteiger partial charge < -0.3 is 4.90 Å². The lowest BCUT2D eigenvalue weighted by atomic mass is 9.96. The molecule has 0 saturated carbocycles. The van der Waals surface area contributed by atoms with Crippen LogP contribution in [0.2, 0.25) is 0 Å². The van der Waals surface area contributed by atoms with Gasteiger partial charge in [0.05, 0.1) is 12.5 Å². The highest BCUT2D eigenvalue weighted by Crippen LogP contribution is 2.33. The molecular formula is C15H17FN2OS. The third kappa shape index (κ3) is 3.31. The number of halogens is 1. The van der Waals surface area contributed by atoms with E-state index >= 15 is 0 Å². The Morgan fingerprint density at radius 3 is 2.50 bits per heavy atom. The Morgan fingerprint density at radius 1 is 1.40 bits per heavy atom. The fraction of sp³-hybridized carbons (Fsp3) is 0.467. The summed E-state index contributed by atoms with van der Waals surface area (Å²) in [5.41, 5.74) is 0.818. The van der Waals surface area contributed by atoms with Crippen molar-refractivity contribution in [3.05, 3.63) is 35.6 Å². The summed E-state index contributed by atoms with van der Waals surface area (Å²) < 4.78 is 12.5. The highest BCUT2D eigenvalue weighted by atomic mass is 32.2. The number of nitrogens with zero attached hydrogens (tertiary/aromatic N) is 2. The predicted molar refractivity (Wildman–Crippen MR) is 77.8 cm³/mol. The Labute approximate surface area is 122 Å². The van der Waals surface area contributed by atoms with Crippen molar-refractivity contribution in [1.82, 2.24) is 4.90 Å². The average molecular weight is 292 g/mol. The van der Waals surface area contributed by atoms with E-state index in [0.29, 0.717) is 32.4 Å². The van der Waals surface area contributed by atoms with Gasteiger partial charge in [0, 0.05) is 13.1 Å². The van der Waals surface area contributed by atoms with E-state index in [2.05, 4.69) is 6.07 Å². The second-order valence-corrected chi connectivity index (χ2v) is 6.18. The van der Waals surface area contributed by atoms with E-state index in [1.807, 2.05) is 6.26 Å². The monoisotopic (exact) mass is 292 g/mol. The number of likely N-dealkylation sites (tertiary alicyclic amines) is 1. The Balaban J connectivity index is 1.92. The minimum absolute atomic E-state index is 0.0456. The van der Waals surface area contributed by atoms with Gasteiger partial charge >= 0.3 is 0 Å². The highest BCUT2D eigenvalue weighted by Gasteiger charge is 2.35. The Hall–Kier alpha value is -1.54. The lowest BCUT2D eigenvalue weighted by Crippen LogP contribution is -2.44. The molecule has 0 radical (unpaired) electrons. The summed E-state index contributed by atoms with van der Waals surface area (Å²) >= 11 is 1.57. The zero-order chi connectivity index (χ0) is 14.6. The summed E-state index contributed by atoms with van der Waals surface area (Å²) in [4.78, 5) is 14.0. The maximum Gasteiger partial charge on any atom is 0.226 e. The number of hydrogen-bond acceptors (Lipinski definition) is 3. The van der Waals surface area contributed by atoms with Gasteiger partial charge in [0.1, 0.15) is 10.6 Å². The van der Waals surface area contributed by atoms with Gasteiger partial charge in [0.2, 0.25) is 5.91 Å². The minimum Gasteiger partial charge on any atom is -0.342 e. The minimum atomic E-state index is -0.341. The van der Waals surface area contributed by atoms with Crippen molar-refractivity contribution >= 4 is 17.7 Å². The molecule has 3 nitrogen and oxygen atoms in total. The quantitative estimate of drug-likeness (QED) is 0.860. The zero-order valence-corrected chi connectivity index (χ0v) is 12.3. The lowest BCUT2D eigenvalue weighted by molar-refractivity contribution is -0.131. The van der Waals surface area contributed by atoms with Crippen LogP contribution >= 0.6 is 11.8 Å². The number of thioether (sulfide) groups is 1. The summed E-state index contributed by atoms with van der Waals surface area (Å²) in [6.45, 7) is 1.24. The van der Waals surface area contributed by atoms with Crippen molar-refractivity contribution < 1.29 is 9.18 Å². The van der Waals surface area contributed by atoms with Crippen LogP contribution in [-0.4, -0.2) is 34.9 Å². The van der Waals surface area contributed by atoms with Crippen molar-refractivity contribution in [3.63, 3.8) is 0 Å². The zero-order valence-electron chi connectivity index (χ0n) is 11.4. The van der Waals surface area contributed by atoms with Gasteiger partial charge in [0.15, 0.2) is 0 Å². The Morgan fingerprint density at radius 2 is 2.00 bits per heavy atom. The third-order valence-electron chi connectivity index (χ3n) is 3.79. The fourth-order valence-electron chi connectivity index (χ4n) is 2.37. The molecule has 1 aromatic carbocycles. The summed E-state index contributed by atoms with van der Waals surface area (Å²) in [5, 5.41) is 9.22. The second kappa shape index (κ2) is 6.27. The molecule has 1 aliphatic rings. The molecule has 5 heteroatoms. The van der Waals surface area contributed by atoms with E-state index in [1.165, 1.54) is 12.1 Å². The third-order valence-corrected chi connectivity index (χ3v) is 5.07. The molecule has 20 heavy (non-hydrogen) atoms. The van der Waals surface area contributed by atoms with E-state index in [-0.39, 0.29) is 16.5 Å². The number of carbonyl (C=O) groups excluding carboxylic acids is 1. The molecule has 1 fully saturated rings. The van der Waals surface area contributed by atoms with Crippen LogP contribution in [-0.2, 0) is 11.2 Å². The van der Waals surface area contributed by atoms with Crippen LogP contribution in [0.4, 0.5) is 4.39 Å². The SMILES string of the molecule is CSC1(C#N)CCN(C(=O)Cc2ccc(F)cc2)CC1. The Kier molecular flexibility index (Phi) is 4.66. The number of piperidine rings is 1. The molecule has 1 heterocycles. The van der Waals surface area contributed by atoms with E-state index < -0.39 is 0 Å². The molecule has 2 rings (SSSR count). The first-order valence-electron chi connectivity index (χ1n) is 6.57. The summed E-state index contributed by atoms with van der Waals surface area (Å²) in [5.74, 6) is -0.248. The first-order chi connectivity index (χ1) is 9.58. The number of hydrogen-bond donors (Lipinski definition) is 0. The molecule has 1 saturated heterocycles. The van der Waals surface area contributed by atoms with Gasteiger partial charge in [-0.25, -0.2) is 4.39 Å². The van der Waals surface area contributed by atoms with Crippen LogP contribution in [0.1, 0.15) is 18.4 Å². The van der Waals surface area contributed by atoms with Crippen molar-refractivity contribution in [2.24, 2.45) is 0 Å². The molecule has 0 bridgehead atoms. The summed E-state index contributed by atoms with van der Waals surface area (Å²) in [6.07, 6.45) is 3.65. The molecule has 0 spiro atoms. The standard InChI is InChI=1S/C15H17FN2OS/c1-20-15(11-17)6-8-18(9-7-15)14(19)10-12-2-4-13(16)5-3-12/h2-5H,6-10H2,1H3.